The van der Waals surface area contributed by atoms with Crippen LogP contribution in [0.4, 0.5) is 4.39 Å². The molecule has 104 valence electrons. The highest BCUT2D eigenvalue weighted by Gasteiger charge is 2.06. The lowest BCUT2D eigenvalue weighted by atomic mass is 10.1. The SMILES string of the molecule is CCc1nccn1Cc1ccc(C=CC(=O)O)cc1F. The largest absolute Gasteiger partial charge is 0.478 e. The Bertz CT molecular complexity index is 647. The van der Waals surface area contributed by atoms with Gasteiger partial charge in [-0.2, -0.15) is 0 Å². The van der Waals surface area contributed by atoms with Gasteiger partial charge in [0.2, 0.25) is 0 Å². The number of aromatic nitrogens is 2. The molecule has 1 N–H and O–H groups in total. The number of carboxylic acids is 1. The van der Waals surface area contributed by atoms with E-state index in [1.165, 1.54) is 12.1 Å². The quantitative estimate of drug-likeness (QED) is 0.853. The van der Waals surface area contributed by atoms with Crippen LogP contribution in [0, 0.1) is 5.82 Å². The lowest BCUT2D eigenvalue weighted by molar-refractivity contribution is -0.131. The average molecular weight is 274 g/mol. The number of hydrogen-bond donors (Lipinski definition) is 1. The van der Waals surface area contributed by atoms with Gasteiger partial charge in [-0.1, -0.05) is 19.1 Å². The van der Waals surface area contributed by atoms with Gasteiger partial charge in [0.1, 0.15) is 11.6 Å². The normalized spacial score (nSPS) is 11.1. The molecule has 0 saturated carbocycles. The third-order valence-corrected chi connectivity index (χ3v) is 2.95. The van der Waals surface area contributed by atoms with Crippen LogP contribution in [0.5, 0.6) is 0 Å². The Kier molecular flexibility index (Phi) is 4.30. The van der Waals surface area contributed by atoms with Gasteiger partial charge in [-0.25, -0.2) is 14.2 Å². The van der Waals surface area contributed by atoms with Crippen LogP contribution in [-0.2, 0) is 17.8 Å². The van der Waals surface area contributed by atoms with Gasteiger partial charge in [0.15, 0.2) is 0 Å². The minimum Gasteiger partial charge on any atom is -0.478 e. The van der Waals surface area contributed by atoms with Crippen molar-refractivity contribution in [3.05, 3.63) is 59.4 Å². The number of rotatable bonds is 5. The summed E-state index contributed by atoms with van der Waals surface area (Å²) >= 11 is 0. The molecule has 4 nitrogen and oxygen atoms in total. The minimum absolute atomic E-state index is 0.353. The van der Waals surface area contributed by atoms with E-state index in [9.17, 15) is 9.18 Å². The van der Waals surface area contributed by atoms with E-state index in [-0.39, 0.29) is 5.82 Å². The first-order valence-corrected chi connectivity index (χ1v) is 6.29. The Morgan fingerprint density at radius 1 is 1.50 bits per heavy atom. The molecule has 0 aliphatic heterocycles. The molecule has 0 saturated heterocycles. The van der Waals surface area contributed by atoms with Crippen molar-refractivity contribution in [1.29, 1.82) is 0 Å². The number of hydrogen-bond acceptors (Lipinski definition) is 2. The highest BCUT2D eigenvalue weighted by molar-refractivity contribution is 5.85. The molecule has 5 heteroatoms. The van der Waals surface area contributed by atoms with Crippen LogP contribution in [0.15, 0.2) is 36.7 Å². The molecule has 20 heavy (non-hydrogen) atoms. The maximum Gasteiger partial charge on any atom is 0.328 e. The number of nitrogens with zero attached hydrogens (tertiary/aromatic N) is 2. The van der Waals surface area contributed by atoms with Crippen molar-refractivity contribution in [3.8, 4) is 0 Å². The highest BCUT2D eigenvalue weighted by Crippen LogP contribution is 2.14. The van der Waals surface area contributed by atoms with E-state index in [0.29, 0.717) is 17.7 Å². The third-order valence-electron chi connectivity index (χ3n) is 2.95. The van der Waals surface area contributed by atoms with E-state index in [4.69, 9.17) is 5.11 Å². The van der Waals surface area contributed by atoms with Gasteiger partial charge in [0.25, 0.3) is 0 Å². The first-order chi connectivity index (χ1) is 9.60. The molecule has 0 amide bonds. The predicted octanol–water partition coefficient (Wildman–Crippen LogP) is 2.73. The van der Waals surface area contributed by atoms with Crippen LogP contribution < -0.4 is 0 Å². The fraction of sp³-hybridized carbons (Fsp3) is 0.200. The summed E-state index contributed by atoms with van der Waals surface area (Å²) in [7, 11) is 0. The number of benzene rings is 1. The van der Waals surface area contributed by atoms with Crippen molar-refractivity contribution in [2.45, 2.75) is 19.9 Å². The van der Waals surface area contributed by atoms with E-state index in [2.05, 4.69) is 4.98 Å². The molecule has 0 fully saturated rings. The fourth-order valence-corrected chi connectivity index (χ4v) is 1.94. The summed E-state index contributed by atoms with van der Waals surface area (Å²) in [5.74, 6) is -0.506. The van der Waals surface area contributed by atoms with Gasteiger partial charge in [-0.15, -0.1) is 0 Å². The second kappa shape index (κ2) is 6.14. The van der Waals surface area contributed by atoms with Gasteiger partial charge in [-0.3, -0.25) is 0 Å². The monoisotopic (exact) mass is 274 g/mol. The molecule has 2 rings (SSSR count). The van der Waals surface area contributed by atoms with E-state index < -0.39 is 5.97 Å². The van der Waals surface area contributed by atoms with Crippen LogP contribution in [0.2, 0.25) is 0 Å². The predicted molar refractivity (Wildman–Crippen MR) is 73.8 cm³/mol. The Morgan fingerprint density at radius 3 is 2.95 bits per heavy atom. The van der Waals surface area contributed by atoms with Gasteiger partial charge < -0.3 is 9.67 Å². The maximum atomic E-state index is 14.0. The molecule has 0 bridgehead atoms. The number of carbonyl (C=O) groups is 1. The molecule has 1 aromatic carbocycles. The van der Waals surface area contributed by atoms with E-state index >= 15 is 0 Å². The number of aliphatic carboxylic acids is 1. The van der Waals surface area contributed by atoms with Gasteiger partial charge in [0.05, 0.1) is 6.54 Å². The average Bonchev–Trinajstić information content (AvgIpc) is 2.86. The van der Waals surface area contributed by atoms with Crippen LogP contribution >= 0.6 is 0 Å². The second-order valence-electron chi connectivity index (χ2n) is 4.35. The Labute approximate surface area is 116 Å². The van der Waals surface area contributed by atoms with Crippen molar-refractivity contribution < 1.29 is 14.3 Å². The highest BCUT2D eigenvalue weighted by atomic mass is 19.1. The molecule has 2 aromatic rings. The lowest BCUT2D eigenvalue weighted by Gasteiger charge is -2.08. The van der Waals surface area contributed by atoms with Crippen LogP contribution in [0.1, 0.15) is 23.9 Å². The van der Waals surface area contributed by atoms with Gasteiger partial charge in [-0.05, 0) is 17.7 Å². The van der Waals surface area contributed by atoms with Crippen molar-refractivity contribution in [3.63, 3.8) is 0 Å². The summed E-state index contributed by atoms with van der Waals surface area (Å²) in [6.07, 6.45) is 6.65. The van der Waals surface area contributed by atoms with Crippen molar-refractivity contribution in [2.24, 2.45) is 0 Å². The molecule has 1 heterocycles. The van der Waals surface area contributed by atoms with E-state index in [1.807, 2.05) is 17.7 Å². The molecular formula is C15H15FN2O2. The van der Waals surface area contributed by atoms with Crippen LogP contribution in [0.25, 0.3) is 6.08 Å². The van der Waals surface area contributed by atoms with Crippen molar-refractivity contribution in [1.82, 2.24) is 9.55 Å². The summed E-state index contributed by atoms with van der Waals surface area (Å²) < 4.78 is 15.9. The zero-order chi connectivity index (χ0) is 14.5. The summed E-state index contributed by atoms with van der Waals surface area (Å²) in [5.41, 5.74) is 1.07. The Hall–Kier alpha value is -2.43. The summed E-state index contributed by atoms with van der Waals surface area (Å²) in [4.78, 5) is 14.6. The molecule has 1 aromatic heterocycles. The van der Waals surface area contributed by atoms with Gasteiger partial charge >= 0.3 is 5.97 Å². The van der Waals surface area contributed by atoms with Crippen molar-refractivity contribution in [2.75, 3.05) is 0 Å². The molecule has 0 radical (unpaired) electrons. The second-order valence-corrected chi connectivity index (χ2v) is 4.35. The molecule has 0 spiro atoms. The van der Waals surface area contributed by atoms with E-state index in [1.54, 1.807) is 18.3 Å². The molecule has 0 aliphatic rings. The lowest BCUT2D eigenvalue weighted by Crippen LogP contribution is -2.05. The summed E-state index contributed by atoms with van der Waals surface area (Å²) in [6.45, 7) is 2.41. The third kappa shape index (κ3) is 3.32. The zero-order valence-electron chi connectivity index (χ0n) is 11.1. The van der Waals surface area contributed by atoms with Gasteiger partial charge in [0, 0.05) is 30.5 Å². The Morgan fingerprint density at radius 2 is 2.30 bits per heavy atom. The Balaban J connectivity index is 2.20. The minimum atomic E-state index is -1.06. The standard InChI is InChI=1S/C15H15FN2O2/c1-2-14-17-7-8-18(14)10-12-5-3-11(9-13(12)16)4-6-15(19)20/h3-9H,2,10H2,1H3,(H,19,20). The summed E-state index contributed by atoms with van der Waals surface area (Å²) in [5, 5.41) is 8.54. The number of halogens is 1. The smallest absolute Gasteiger partial charge is 0.328 e. The topological polar surface area (TPSA) is 55.1 Å². The number of aryl methyl sites for hydroxylation is 1. The fourth-order valence-electron chi connectivity index (χ4n) is 1.94. The van der Waals surface area contributed by atoms with Crippen molar-refractivity contribution >= 4 is 12.0 Å². The van der Waals surface area contributed by atoms with Crippen LogP contribution in [-0.4, -0.2) is 20.6 Å². The van der Waals surface area contributed by atoms with Crippen LogP contribution in [0.3, 0.4) is 0 Å². The first kappa shape index (κ1) is 14.0. The maximum absolute atomic E-state index is 14.0. The first-order valence-electron chi connectivity index (χ1n) is 6.29. The molecule has 0 aliphatic carbocycles. The molecule has 0 unspecified atom stereocenters. The summed E-state index contributed by atoms with van der Waals surface area (Å²) in [6, 6.07) is 4.69. The number of imidazole rings is 1. The number of carboxylic acid groups (broad SMARTS) is 1. The molecule has 0 atom stereocenters. The van der Waals surface area contributed by atoms with E-state index in [0.717, 1.165) is 18.3 Å². The molecular weight excluding hydrogens is 259 g/mol. The zero-order valence-corrected chi connectivity index (χ0v) is 11.1.